The molecule has 5 heteroatoms. The SMILES string of the molecule is Nc1ccccc1-c1cnn(Cc2ccc(Br)cn2)c1. The predicted molar refractivity (Wildman–Crippen MR) is 83.1 cm³/mol. The lowest BCUT2D eigenvalue weighted by Gasteiger charge is -2.02. The summed E-state index contributed by atoms with van der Waals surface area (Å²) in [5.41, 5.74) is 9.71. The summed E-state index contributed by atoms with van der Waals surface area (Å²) in [7, 11) is 0. The Kier molecular flexibility index (Phi) is 3.52. The van der Waals surface area contributed by atoms with Gasteiger partial charge >= 0.3 is 0 Å². The van der Waals surface area contributed by atoms with E-state index in [0.29, 0.717) is 6.54 Å². The van der Waals surface area contributed by atoms with Crippen molar-refractivity contribution in [3.05, 3.63) is 65.2 Å². The number of benzene rings is 1. The molecule has 0 bridgehead atoms. The molecule has 100 valence electrons. The van der Waals surface area contributed by atoms with Crippen molar-refractivity contribution in [2.45, 2.75) is 6.54 Å². The van der Waals surface area contributed by atoms with Gasteiger partial charge in [-0.25, -0.2) is 0 Å². The molecular weight excluding hydrogens is 316 g/mol. The quantitative estimate of drug-likeness (QED) is 0.750. The minimum absolute atomic E-state index is 0.639. The maximum atomic E-state index is 5.98. The molecule has 0 aliphatic carbocycles. The summed E-state index contributed by atoms with van der Waals surface area (Å²) in [6.45, 7) is 0.639. The Hall–Kier alpha value is -2.14. The molecule has 0 atom stereocenters. The predicted octanol–water partition coefficient (Wildman–Crippen LogP) is 3.34. The minimum Gasteiger partial charge on any atom is -0.398 e. The normalized spacial score (nSPS) is 10.7. The van der Waals surface area contributed by atoms with Crippen molar-refractivity contribution >= 4 is 21.6 Å². The standard InChI is InChI=1S/C15H13BrN4/c16-12-5-6-13(18-8-12)10-20-9-11(7-19-20)14-3-1-2-4-15(14)17/h1-9H,10,17H2. The van der Waals surface area contributed by atoms with E-state index in [0.717, 1.165) is 27.0 Å². The van der Waals surface area contributed by atoms with E-state index >= 15 is 0 Å². The van der Waals surface area contributed by atoms with Crippen molar-refractivity contribution in [3.63, 3.8) is 0 Å². The Balaban J connectivity index is 1.84. The number of nitrogens with zero attached hydrogens (tertiary/aromatic N) is 3. The van der Waals surface area contributed by atoms with Gasteiger partial charge in [-0.2, -0.15) is 5.10 Å². The van der Waals surface area contributed by atoms with Crippen molar-refractivity contribution in [2.75, 3.05) is 5.73 Å². The number of hydrogen-bond acceptors (Lipinski definition) is 3. The van der Waals surface area contributed by atoms with E-state index in [1.807, 2.05) is 53.5 Å². The number of nitrogen functional groups attached to an aromatic ring is 1. The van der Waals surface area contributed by atoms with Gasteiger partial charge in [-0.05, 0) is 34.1 Å². The molecule has 4 nitrogen and oxygen atoms in total. The summed E-state index contributed by atoms with van der Waals surface area (Å²) < 4.78 is 2.83. The third-order valence-electron chi connectivity index (χ3n) is 3.02. The van der Waals surface area contributed by atoms with Crippen LogP contribution < -0.4 is 5.73 Å². The van der Waals surface area contributed by atoms with Gasteiger partial charge in [-0.15, -0.1) is 0 Å². The molecule has 0 fully saturated rings. The Morgan fingerprint density at radius 1 is 1.10 bits per heavy atom. The molecule has 2 aromatic heterocycles. The molecule has 20 heavy (non-hydrogen) atoms. The topological polar surface area (TPSA) is 56.7 Å². The van der Waals surface area contributed by atoms with E-state index in [-0.39, 0.29) is 0 Å². The smallest absolute Gasteiger partial charge is 0.0831 e. The molecule has 0 amide bonds. The van der Waals surface area contributed by atoms with Crippen LogP contribution in [0.1, 0.15) is 5.69 Å². The fourth-order valence-corrected chi connectivity index (χ4v) is 2.25. The average molecular weight is 329 g/mol. The summed E-state index contributed by atoms with van der Waals surface area (Å²) in [6, 6.07) is 11.7. The highest BCUT2D eigenvalue weighted by Crippen LogP contribution is 2.24. The van der Waals surface area contributed by atoms with Gasteiger partial charge in [0.1, 0.15) is 0 Å². The van der Waals surface area contributed by atoms with E-state index in [4.69, 9.17) is 5.73 Å². The molecule has 3 aromatic rings. The van der Waals surface area contributed by atoms with E-state index in [1.54, 1.807) is 6.20 Å². The summed E-state index contributed by atoms with van der Waals surface area (Å²) in [4.78, 5) is 4.34. The molecule has 1 aromatic carbocycles. The molecule has 0 saturated heterocycles. The van der Waals surface area contributed by atoms with Gasteiger partial charge in [-0.3, -0.25) is 9.67 Å². The second-order valence-corrected chi connectivity index (χ2v) is 5.40. The first-order chi connectivity index (χ1) is 9.72. The number of para-hydroxylation sites is 1. The monoisotopic (exact) mass is 328 g/mol. The second kappa shape index (κ2) is 5.46. The van der Waals surface area contributed by atoms with Gasteiger partial charge in [0.05, 0.1) is 18.4 Å². The van der Waals surface area contributed by atoms with Crippen molar-refractivity contribution in [2.24, 2.45) is 0 Å². The van der Waals surface area contributed by atoms with Crippen molar-refractivity contribution < 1.29 is 0 Å². The second-order valence-electron chi connectivity index (χ2n) is 4.48. The lowest BCUT2D eigenvalue weighted by atomic mass is 10.1. The number of pyridine rings is 1. The van der Waals surface area contributed by atoms with Gasteiger partial charge in [-0.1, -0.05) is 18.2 Å². The number of hydrogen-bond donors (Lipinski definition) is 1. The van der Waals surface area contributed by atoms with Gasteiger partial charge in [0.25, 0.3) is 0 Å². The Morgan fingerprint density at radius 2 is 1.95 bits per heavy atom. The first kappa shape index (κ1) is 12.9. The van der Waals surface area contributed by atoms with Crippen LogP contribution in [0.15, 0.2) is 59.5 Å². The Morgan fingerprint density at radius 3 is 2.70 bits per heavy atom. The summed E-state index contributed by atoms with van der Waals surface area (Å²) in [5.74, 6) is 0. The molecule has 0 aliphatic heterocycles. The van der Waals surface area contributed by atoms with E-state index < -0.39 is 0 Å². The van der Waals surface area contributed by atoms with Crippen LogP contribution >= 0.6 is 15.9 Å². The minimum atomic E-state index is 0.639. The molecule has 0 radical (unpaired) electrons. The fourth-order valence-electron chi connectivity index (χ4n) is 2.01. The van der Waals surface area contributed by atoms with Crippen LogP contribution in [-0.2, 0) is 6.54 Å². The highest BCUT2D eigenvalue weighted by Gasteiger charge is 2.05. The van der Waals surface area contributed by atoms with E-state index in [2.05, 4.69) is 26.0 Å². The Labute approximate surface area is 125 Å². The fraction of sp³-hybridized carbons (Fsp3) is 0.0667. The molecule has 0 aliphatic rings. The van der Waals surface area contributed by atoms with Crippen LogP contribution in [0.3, 0.4) is 0 Å². The first-order valence-corrected chi connectivity index (χ1v) is 6.99. The molecule has 3 rings (SSSR count). The molecule has 0 saturated carbocycles. The lowest BCUT2D eigenvalue weighted by Crippen LogP contribution is -2.01. The zero-order chi connectivity index (χ0) is 13.9. The molecule has 0 unspecified atom stereocenters. The van der Waals surface area contributed by atoms with Crippen LogP contribution in [0.25, 0.3) is 11.1 Å². The van der Waals surface area contributed by atoms with E-state index in [9.17, 15) is 0 Å². The number of halogens is 1. The number of nitrogens with two attached hydrogens (primary N) is 1. The van der Waals surface area contributed by atoms with Crippen LogP contribution in [0.5, 0.6) is 0 Å². The molecular formula is C15H13BrN4. The first-order valence-electron chi connectivity index (χ1n) is 6.20. The van der Waals surface area contributed by atoms with Crippen molar-refractivity contribution in [1.29, 1.82) is 0 Å². The maximum absolute atomic E-state index is 5.98. The van der Waals surface area contributed by atoms with Crippen LogP contribution in [-0.4, -0.2) is 14.8 Å². The van der Waals surface area contributed by atoms with Gasteiger partial charge in [0, 0.05) is 33.7 Å². The summed E-state index contributed by atoms with van der Waals surface area (Å²) in [5, 5.41) is 4.36. The summed E-state index contributed by atoms with van der Waals surface area (Å²) >= 11 is 3.37. The highest BCUT2D eigenvalue weighted by atomic mass is 79.9. The van der Waals surface area contributed by atoms with Gasteiger partial charge in [0.2, 0.25) is 0 Å². The third-order valence-corrected chi connectivity index (χ3v) is 3.49. The Bertz CT molecular complexity index is 719. The van der Waals surface area contributed by atoms with Gasteiger partial charge < -0.3 is 5.73 Å². The molecule has 2 heterocycles. The third kappa shape index (κ3) is 2.72. The molecule has 0 spiro atoms. The summed E-state index contributed by atoms with van der Waals surface area (Å²) in [6.07, 6.45) is 5.59. The van der Waals surface area contributed by atoms with Crippen LogP contribution in [0, 0.1) is 0 Å². The van der Waals surface area contributed by atoms with Crippen molar-refractivity contribution in [1.82, 2.24) is 14.8 Å². The van der Waals surface area contributed by atoms with E-state index in [1.165, 1.54) is 0 Å². The van der Waals surface area contributed by atoms with Crippen molar-refractivity contribution in [3.8, 4) is 11.1 Å². The van der Waals surface area contributed by atoms with Crippen LogP contribution in [0.4, 0.5) is 5.69 Å². The number of aromatic nitrogens is 3. The molecule has 2 N–H and O–H groups in total. The van der Waals surface area contributed by atoms with Gasteiger partial charge in [0.15, 0.2) is 0 Å². The number of rotatable bonds is 3. The average Bonchev–Trinajstić information content (AvgIpc) is 2.90. The zero-order valence-electron chi connectivity index (χ0n) is 10.7. The maximum Gasteiger partial charge on any atom is 0.0831 e. The largest absolute Gasteiger partial charge is 0.398 e. The number of anilines is 1. The lowest BCUT2D eigenvalue weighted by molar-refractivity contribution is 0.672. The highest BCUT2D eigenvalue weighted by molar-refractivity contribution is 9.10. The van der Waals surface area contributed by atoms with Crippen LogP contribution in [0.2, 0.25) is 0 Å². The zero-order valence-corrected chi connectivity index (χ0v) is 12.3.